The van der Waals surface area contributed by atoms with Crippen molar-refractivity contribution in [3.8, 4) is 44.9 Å². The molecule has 3 N–H and O–H groups in total. The third-order valence-corrected chi connectivity index (χ3v) is 6.05. The predicted molar refractivity (Wildman–Crippen MR) is 144 cm³/mol. The monoisotopic (exact) mass is 466 g/mol. The summed E-state index contributed by atoms with van der Waals surface area (Å²) in [5, 5.41) is 30.7. The standard InChI is InChI=1S/C30H31BO4/c1-17-7-18(2)11-23(10-17)26-16-27(35-31(33)34)30(32)29(25-14-21(5)9-22(6)15-25)28(26)24-12-19(3)8-20(4)13-24/h7-16,32-34H,1-6H3. The van der Waals surface area contributed by atoms with Crippen LogP contribution in [-0.4, -0.2) is 22.5 Å². The van der Waals surface area contributed by atoms with Gasteiger partial charge in [0.1, 0.15) is 5.75 Å². The van der Waals surface area contributed by atoms with Gasteiger partial charge in [0.25, 0.3) is 0 Å². The molecule has 4 nitrogen and oxygen atoms in total. The van der Waals surface area contributed by atoms with E-state index in [-0.39, 0.29) is 11.5 Å². The fourth-order valence-electron chi connectivity index (χ4n) is 5.03. The number of phenols is 1. The Morgan fingerprint density at radius 1 is 0.514 bits per heavy atom. The van der Waals surface area contributed by atoms with Crippen molar-refractivity contribution < 1.29 is 19.8 Å². The van der Waals surface area contributed by atoms with Gasteiger partial charge in [-0.25, -0.2) is 0 Å². The summed E-state index contributed by atoms with van der Waals surface area (Å²) < 4.78 is 5.29. The molecular weight excluding hydrogens is 435 g/mol. The van der Waals surface area contributed by atoms with Crippen molar-refractivity contribution in [2.24, 2.45) is 0 Å². The third kappa shape index (κ3) is 5.27. The number of hydrogen-bond donors (Lipinski definition) is 3. The molecule has 0 aliphatic heterocycles. The van der Waals surface area contributed by atoms with Gasteiger partial charge in [0, 0.05) is 11.1 Å². The highest BCUT2D eigenvalue weighted by atomic mass is 16.6. The molecule has 4 rings (SSSR count). The quantitative estimate of drug-likeness (QED) is 0.290. The average Bonchev–Trinajstić information content (AvgIpc) is 2.72. The second kappa shape index (κ2) is 9.61. The lowest BCUT2D eigenvalue weighted by Crippen LogP contribution is -2.20. The van der Waals surface area contributed by atoms with E-state index in [2.05, 4.69) is 56.3 Å². The lowest BCUT2D eigenvalue weighted by atomic mass is 9.84. The Hall–Kier alpha value is -3.54. The molecule has 178 valence electrons. The molecule has 4 aromatic rings. The summed E-state index contributed by atoms with van der Waals surface area (Å²) in [5.41, 5.74) is 11.6. The van der Waals surface area contributed by atoms with Crippen LogP contribution in [0.2, 0.25) is 0 Å². The van der Waals surface area contributed by atoms with Crippen LogP contribution in [0.5, 0.6) is 11.5 Å². The molecule has 0 aliphatic carbocycles. The second-order valence-corrected chi connectivity index (χ2v) is 9.59. The zero-order valence-electron chi connectivity index (χ0n) is 21.1. The van der Waals surface area contributed by atoms with Crippen LogP contribution in [0.1, 0.15) is 33.4 Å². The molecule has 0 amide bonds. The lowest BCUT2D eigenvalue weighted by Gasteiger charge is -2.22. The molecule has 4 aromatic carbocycles. The van der Waals surface area contributed by atoms with Crippen molar-refractivity contribution in [3.05, 3.63) is 94.0 Å². The molecule has 35 heavy (non-hydrogen) atoms. The maximum absolute atomic E-state index is 11.5. The van der Waals surface area contributed by atoms with E-state index >= 15 is 0 Å². The Kier molecular flexibility index (Phi) is 6.75. The molecule has 0 spiro atoms. The van der Waals surface area contributed by atoms with Crippen LogP contribution in [-0.2, 0) is 0 Å². The van der Waals surface area contributed by atoms with E-state index in [0.29, 0.717) is 5.56 Å². The fourth-order valence-corrected chi connectivity index (χ4v) is 5.03. The third-order valence-electron chi connectivity index (χ3n) is 6.05. The summed E-state index contributed by atoms with van der Waals surface area (Å²) >= 11 is 0. The Balaban J connectivity index is 2.21. The number of benzene rings is 4. The van der Waals surface area contributed by atoms with Crippen LogP contribution in [0.15, 0.2) is 60.7 Å². The Bertz CT molecular complexity index is 1360. The van der Waals surface area contributed by atoms with Gasteiger partial charge >= 0.3 is 7.32 Å². The Morgan fingerprint density at radius 3 is 1.29 bits per heavy atom. The van der Waals surface area contributed by atoms with Crippen molar-refractivity contribution in [2.45, 2.75) is 41.5 Å². The highest BCUT2D eigenvalue weighted by Crippen LogP contribution is 2.50. The minimum atomic E-state index is -2.06. The normalized spacial score (nSPS) is 11.0. The molecule has 0 atom stereocenters. The van der Waals surface area contributed by atoms with E-state index in [9.17, 15) is 15.2 Å². The first-order chi connectivity index (χ1) is 16.5. The van der Waals surface area contributed by atoms with Crippen molar-refractivity contribution in [3.63, 3.8) is 0 Å². The minimum Gasteiger partial charge on any atom is -0.509 e. The summed E-state index contributed by atoms with van der Waals surface area (Å²) in [6, 6.07) is 20.5. The fraction of sp³-hybridized carbons (Fsp3) is 0.200. The smallest absolute Gasteiger partial charge is 0.509 e. The van der Waals surface area contributed by atoms with Crippen LogP contribution in [0.3, 0.4) is 0 Å². The van der Waals surface area contributed by atoms with Crippen molar-refractivity contribution >= 4 is 7.32 Å². The Labute approximate surface area is 207 Å². The summed E-state index contributed by atoms with van der Waals surface area (Å²) in [6.07, 6.45) is 0. The van der Waals surface area contributed by atoms with Crippen LogP contribution in [0, 0.1) is 41.5 Å². The first-order valence-corrected chi connectivity index (χ1v) is 11.7. The van der Waals surface area contributed by atoms with Gasteiger partial charge in [-0.1, -0.05) is 88.0 Å². The van der Waals surface area contributed by atoms with Crippen molar-refractivity contribution in [2.75, 3.05) is 0 Å². The van der Waals surface area contributed by atoms with Gasteiger partial charge in [0.2, 0.25) is 0 Å². The molecule has 0 saturated heterocycles. The SMILES string of the molecule is Cc1cc(C)cc(-c2cc(OB(O)O)c(O)c(-c3cc(C)cc(C)c3)c2-c2cc(C)cc(C)c2)c1. The highest BCUT2D eigenvalue weighted by Gasteiger charge is 2.25. The maximum atomic E-state index is 11.5. The molecule has 0 aromatic heterocycles. The predicted octanol–water partition coefficient (Wildman–Crippen LogP) is 6.59. The molecule has 0 aliphatic rings. The Morgan fingerprint density at radius 2 is 0.886 bits per heavy atom. The first-order valence-electron chi connectivity index (χ1n) is 11.7. The van der Waals surface area contributed by atoms with Gasteiger partial charge in [0.05, 0.1) is 0 Å². The number of aromatic hydroxyl groups is 1. The molecule has 0 bridgehead atoms. The first kappa shape index (κ1) is 24.6. The summed E-state index contributed by atoms with van der Waals surface area (Å²) in [5.74, 6) is -0.123. The summed E-state index contributed by atoms with van der Waals surface area (Å²) in [6.45, 7) is 12.3. The van der Waals surface area contributed by atoms with Crippen LogP contribution in [0.4, 0.5) is 0 Å². The van der Waals surface area contributed by atoms with Crippen LogP contribution in [0.25, 0.3) is 33.4 Å². The summed E-state index contributed by atoms with van der Waals surface area (Å²) in [7, 11) is -2.06. The zero-order chi connectivity index (χ0) is 25.4. The van der Waals surface area contributed by atoms with Crippen LogP contribution < -0.4 is 4.65 Å². The maximum Gasteiger partial charge on any atom is 0.707 e. The number of aryl methyl sites for hydroxylation is 6. The van der Waals surface area contributed by atoms with E-state index in [1.54, 1.807) is 6.07 Å². The zero-order valence-corrected chi connectivity index (χ0v) is 21.1. The van der Waals surface area contributed by atoms with Gasteiger partial charge in [-0.2, -0.15) is 0 Å². The molecule has 5 heteroatoms. The molecule has 0 heterocycles. The highest BCUT2D eigenvalue weighted by molar-refractivity contribution is 6.34. The van der Waals surface area contributed by atoms with E-state index in [0.717, 1.165) is 61.2 Å². The van der Waals surface area contributed by atoms with E-state index in [1.165, 1.54) is 0 Å². The molecule has 0 saturated carbocycles. The second-order valence-electron chi connectivity index (χ2n) is 9.59. The van der Waals surface area contributed by atoms with Gasteiger partial charge in [-0.05, 0) is 69.9 Å². The number of rotatable bonds is 5. The van der Waals surface area contributed by atoms with Crippen LogP contribution >= 0.6 is 0 Å². The van der Waals surface area contributed by atoms with E-state index in [1.807, 2.05) is 39.8 Å². The summed E-state index contributed by atoms with van der Waals surface area (Å²) in [4.78, 5) is 0. The largest absolute Gasteiger partial charge is 0.707 e. The van der Waals surface area contributed by atoms with E-state index in [4.69, 9.17) is 4.65 Å². The van der Waals surface area contributed by atoms with Gasteiger partial charge < -0.3 is 19.8 Å². The molecular formula is C30H31BO4. The number of hydrogen-bond acceptors (Lipinski definition) is 4. The molecule has 0 unspecified atom stereocenters. The van der Waals surface area contributed by atoms with Gasteiger partial charge in [-0.3, -0.25) is 0 Å². The molecule has 0 radical (unpaired) electrons. The molecule has 0 fully saturated rings. The minimum absolute atomic E-state index is 0.0106. The topological polar surface area (TPSA) is 69.9 Å². The average molecular weight is 466 g/mol. The lowest BCUT2D eigenvalue weighted by molar-refractivity contribution is 0.281. The van der Waals surface area contributed by atoms with Gasteiger partial charge in [0.15, 0.2) is 5.75 Å². The van der Waals surface area contributed by atoms with Gasteiger partial charge in [-0.15, -0.1) is 0 Å². The van der Waals surface area contributed by atoms with Crippen molar-refractivity contribution in [1.82, 2.24) is 0 Å². The number of phenolic OH excluding ortho intramolecular Hbond substituents is 1. The van der Waals surface area contributed by atoms with Crippen molar-refractivity contribution in [1.29, 1.82) is 0 Å². The van der Waals surface area contributed by atoms with E-state index < -0.39 is 7.32 Å².